The van der Waals surface area contributed by atoms with E-state index in [0.29, 0.717) is 5.56 Å². The Morgan fingerprint density at radius 3 is 2.31 bits per heavy atom. The van der Waals surface area contributed by atoms with E-state index in [1.807, 2.05) is 0 Å². The first-order chi connectivity index (χ1) is 15.2. The Bertz CT molecular complexity index is 1200. The Balaban J connectivity index is 2.17. The lowest BCUT2D eigenvalue weighted by Gasteiger charge is -2.21. The zero-order valence-corrected chi connectivity index (χ0v) is 18.5. The highest BCUT2D eigenvalue weighted by Gasteiger charge is 2.31. The number of ether oxygens (including phenoxy) is 4. The SMILES string of the molecule is COC(=O)c1cc(OC)c(OC)c(OC)c1NS(=O)(=O)c1cc2c(cc1F)NC(=O)CC2. The Kier molecular flexibility index (Phi) is 6.44. The van der Waals surface area contributed by atoms with Crippen LogP contribution in [-0.4, -0.2) is 48.7 Å². The summed E-state index contributed by atoms with van der Waals surface area (Å²) < 4.78 is 63.7. The van der Waals surface area contributed by atoms with Crippen molar-refractivity contribution < 1.29 is 41.3 Å². The van der Waals surface area contributed by atoms with Crippen LogP contribution >= 0.6 is 0 Å². The van der Waals surface area contributed by atoms with Crippen molar-refractivity contribution >= 4 is 33.3 Å². The molecule has 2 aromatic rings. The summed E-state index contributed by atoms with van der Waals surface area (Å²) in [6, 6.07) is 3.29. The molecule has 0 aromatic heterocycles. The van der Waals surface area contributed by atoms with Crippen LogP contribution in [-0.2, 0) is 26.0 Å². The van der Waals surface area contributed by atoms with Crippen LogP contribution in [0.5, 0.6) is 17.2 Å². The van der Waals surface area contributed by atoms with Gasteiger partial charge in [-0.1, -0.05) is 0 Å². The number of fused-ring (bicyclic) bond motifs is 1. The van der Waals surface area contributed by atoms with E-state index in [2.05, 4.69) is 10.0 Å². The summed E-state index contributed by atoms with van der Waals surface area (Å²) in [5.41, 5.74) is 0.106. The zero-order chi connectivity index (χ0) is 23.6. The van der Waals surface area contributed by atoms with Crippen LogP contribution in [0.4, 0.5) is 15.8 Å². The highest BCUT2D eigenvalue weighted by molar-refractivity contribution is 7.92. The van der Waals surface area contributed by atoms with Crippen LogP contribution in [0, 0.1) is 5.82 Å². The molecule has 10 nitrogen and oxygen atoms in total. The van der Waals surface area contributed by atoms with E-state index >= 15 is 0 Å². The maximum absolute atomic E-state index is 14.7. The number of hydrogen-bond donors (Lipinski definition) is 2. The number of carbonyl (C=O) groups is 2. The molecule has 0 bridgehead atoms. The van der Waals surface area contributed by atoms with Crippen molar-refractivity contribution in [3.8, 4) is 17.2 Å². The number of methoxy groups -OCH3 is 4. The first kappa shape index (κ1) is 23.1. The number of aryl methyl sites for hydroxylation is 1. The van der Waals surface area contributed by atoms with Gasteiger partial charge in [0.15, 0.2) is 11.5 Å². The number of hydrogen-bond acceptors (Lipinski definition) is 8. The predicted molar refractivity (Wildman–Crippen MR) is 112 cm³/mol. The summed E-state index contributed by atoms with van der Waals surface area (Å²) in [6.45, 7) is 0. The average Bonchev–Trinajstić information content (AvgIpc) is 2.76. The second-order valence-corrected chi connectivity index (χ2v) is 8.30. The molecule has 0 radical (unpaired) electrons. The van der Waals surface area contributed by atoms with Gasteiger partial charge in [0.1, 0.15) is 16.4 Å². The van der Waals surface area contributed by atoms with Crippen LogP contribution in [0.15, 0.2) is 23.1 Å². The average molecular weight is 468 g/mol. The monoisotopic (exact) mass is 468 g/mol. The number of amides is 1. The normalized spacial score (nSPS) is 13.0. The van der Waals surface area contributed by atoms with Gasteiger partial charge in [0, 0.05) is 18.2 Å². The number of nitrogens with one attached hydrogen (secondary N) is 2. The molecule has 0 aliphatic carbocycles. The van der Waals surface area contributed by atoms with Gasteiger partial charge in [0.05, 0.1) is 34.0 Å². The highest BCUT2D eigenvalue weighted by atomic mass is 32.2. The topological polar surface area (TPSA) is 129 Å². The van der Waals surface area contributed by atoms with E-state index < -0.39 is 26.7 Å². The largest absolute Gasteiger partial charge is 0.493 e. The zero-order valence-electron chi connectivity index (χ0n) is 17.7. The molecule has 12 heteroatoms. The third kappa shape index (κ3) is 4.13. The second kappa shape index (κ2) is 8.91. The van der Waals surface area contributed by atoms with E-state index in [1.165, 1.54) is 27.4 Å². The molecular weight excluding hydrogens is 447 g/mol. The second-order valence-electron chi connectivity index (χ2n) is 6.65. The van der Waals surface area contributed by atoms with Crippen molar-refractivity contribution in [3.05, 3.63) is 35.1 Å². The molecule has 0 atom stereocenters. The van der Waals surface area contributed by atoms with Gasteiger partial charge in [-0.25, -0.2) is 17.6 Å². The van der Waals surface area contributed by atoms with Gasteiger partial charge in [-0.15, -0.1) is 0 Å². The van der Waals surface area contributed by atoms with E-state index in [-0.39, 0.29) is 52.9 Å². The lowest BCUT2D eigenvalue weighted by atomic mass is 10.0. The molecule has 1 aliphatic heterocycles. The van der Waals surface area contributed by atoms with Gasteiger partial charge in [0.25, 0.3) is 10.0 Å². The molecule has 1 amide bonds. The fourth-order valence-electron chi connectivity index (χ4n) is 3.30. The number of halogens is 1. The summed E-state index contributed by atoms with van der Waals surface area (Å²) in [7, 11) is 0.415. The van der Waals surface area contributed by atoms with Crippen LogP contribution in [0.2, 0.25) is 0 Å². The van der Waals surface area contributed by atoms with Crippen molar-refractivity contribution in [1.29, 1.82) is 0 Å². The lowest BCUT2D eigenvalue weighted by molar-refractivity contribution is -0.116. The van der Waals surface area contributed by atoms with Crippen LogP contribution in [0.25, 0.3) is 0 Å². The van der Waals surface area contributed by atoms with Gasteiger partial charge in [-0.2, -0.15) is 0 Å². The van der Waals surface area contributed by atoms with E-state index in [9.17, 15) is 22.4 Å². The van der Waals surface area contributed by atoms with Crippen LogP contribution in [0.3, 0.4) is 0 Å². The number of carbonyl (C=O) groups excluding carboxylic acids is 2. The first-order valence-corrected chi connectivity index (χ1v) is 10.7. The predicted octanol–water partition coefficient (Wildman–Crippen LogP) is 2.32. The van der Waals surface area contributed by atoms with E-state index in [4.69, 9.17) is 18.9 Å². The third-order valence-electron chi connectivity index (χ3n) is 4.81. The molecule has 0 fully saturated rings. The molecule has 0 unspecified atom stereocenters. The molecule has 0 saturated carbocycles. The number of benzene rings is 2. The number of sulfonamides is 1. The molecule has 0 spiro atoms. The Morgan fingerprint density at radius 1 is 1.03 bits per heavy atom. The van der Waals surface area contributed by atoms with Crippen molar-refractivity contribution in [1.82, 2.24) is 0 Å². The highest BCUT2D eigenvalue weighted by Crippen LogP contribution is 2.46. The Morgan fingerprint density at radius 2 is 1.72 bits per heavy atom. The first-order valence-electron chi connectivity index (χ1n) is 9.23. The van der Waals surface area contributed by atoms with Crippen molar-refractivity contribution in [2.45, 2.75) is 17.7 Å². The molecular formula is C20H21FN2O8S. The third-order valence-corrected chi connectivity index (χ3v) is 6.18. The van der Waals surface area contributed by atoms with E-state index in [1.54, 1.807) is 0 Å². The maximum Gasteiger partial charge on any atom is 0.340 e. The summed E-state index contributed by atoms with van der Waals surface area (Å²) in [5, 5.41) is 2.50. The summed E-state index contributed by atoms with van der Waals surface area (Å²) in [6.07, 6.45) is 0.387. The molecule has 0 saturated heterocycles. The van der Waals surface area contributed by atoms with E-state index in [0.717, 1.165) is 19.2 Å². The van der Waals surface area contributed by atoms with Crippen LogP contribution < -0.4 is 24.2 Å². The van der Waals surface area contributed by atoms with Crippen LogP contribution in [0.1, 0.15) is 22.3 Å². The number of rotatable bonds is 7. The Hall–Kier alpha value is -3.54. The van der Waals surface area contributed by atoms with Crippen molar-refractivity contribution in [2.75, 3.05) is 38.5 Å². The minimum absolute atomic E-state index is 0.00831. The van der Waals surface area contributed by atoms with Gasteiger partial charge in [-0.3, -0.25) is 9.52 Å². The number of esters is 1. The van der Waals surface area contributed by atoms with Crippen molar-refractivity contribution in [2.24, 2.45) is 0 Å². The fourth-order valence-corrected chi connectivity index (χ4v) is 4.50. The molecule has 1 heterocycles. The quantitative estimate of drug-likeness (QED) is 0.593. The molecule has 32 heavy (non-hydrogen) atoms. The molecule has 2 aromatic carbocycles. The molecule has 2 N–H and O–H groups in total. The van der Waals surface area contributed by atoms with Gasteiger partial charge in [-0.05, 0) is 24.1 Å². The minimum atomic E-state index is -4.55. The molecule has 3 rings (SSSR count). The standard InChI is InChI=1S/C20H21FN2O8S/c1-28-14-8-11(20(25)31-4)17(19(30-3)18(14)29-2)23-32(26,27)15-7-10-5-6-16(24)22-13(10)9-12(15)21/h7-9,23H,5-6H2,1-4H3,(H,22,24). The Labute approximate surface area is 183 Å². The smallest absolute Gasteiger partial charge is 0.340 e. The van der Waals surface area contributed by atoms with Gasteiger partial charge >= 0.3 is 5.97 Å². The summed E-state index contributed by atoms with van der Waals surface area (Å²) in [5.74, 6) is -2.34. The lowest BCUT2D eigenvalue weighted by Crippen LogP contribution is -2.22. The van der Waals surface area contributed by atoms with Crippen molar-refractivity contribution in [3.63, 3.8) is 0 Å². The molecule has 1 aliphatic rings. The van der Waals surface area contributed by atoms with Gasteiger partial charge < -0.3 is 24.3 Å². The number of anilines is 2. The molecule has 172 valence electrons. The maximum atomic E-state index is 14.7. The minimum Gasteiger partial charge on any atom is -0.493 e. The fraction of sp³-hybridized carbons (Fsp3) is 0.300. The summed E-state index contributed by atoms with van der Waals surface area (Å²) >= 11 is 0. The summed E-state index contributed by atoms with van der Waals surface area (Å²) in [4.78, 5) is 23.2. The van der Waals surface area contributed by atoms with Gasteiger partial charge in [0.2, 0.25) is 11.7 Å².